The summed E-state index contributed by atoms with van der Waals surface area (Å²) in [5.41, 5.74) is 1.82. The van der Waals surface area contributed by atoms with Crippen LogP contribution in [-0.2, 0) is 6.54 Å². The number of benzene rings is 1. The van der Waals surface area contributed by atoms with Crippen molar-refractivity contribution in [2.45, 2.75) is 26.3 Å². The molecule has 0 saturated heterocycles. The lowest BCUT2D eigenvalue weighted by Crippen LogP contribution is -2.24. The third-order valence-electron chi connectivity index (χ3n) is 3.25. The molecule has 0 unspecified atom stereocenters. The minimum absolute atomic E-state index is 0.108. The van der Waals surface area contributed by atoms with Gasteiger partial charge in [0.25, 0.3) is 0 Å². The Balaban J connectivity index is 2.15. The van der Waals surface area contributed by atoms with Crippen LogP contribution in [-0.4, -0.2) is 20.1 Å². The Kier molecular flexibility index (Phi) is 4.00. The quantitative estimate of drug-likeness (QED) is 0.817. The molecule has 0 heterocycles. The second-order valence-corrected chi connectivity index (χ2v) is 4.85. The summed E-state index contributed by atoms with van der Waals surface area (Å²) in [5.74, 6) is 0.662. The van der Waals surface area contributed by atoms with Crippen molar-refractivity contribution >= 4 is 5.69 Å². The van der Waals surface area contributed by atoms with Gasteiger partial charge in [-0.15, -0.1) is 0 Å². The van der Waals surface area contributed by atoms with Crippen molar-refractivity contribution in [1.29, 1.82) is 0 Å². The predicted molar refractivity (Wildman–Crippen MR) is 69.8 cm³/mol. The van der Waals surface area contributed by atoms with Gasteiger partial charge >= 0.3 is 0 Å². The SMILES string of the molecule is CCNCc1cccc(F)c1N(C)CC1CC1. The number of nitrogens with one attached hydrogen (secondary N) is 1. The highest BCUT2D eigenvalue weighted by atomic mass is 19.1. The van der Waals surface area contributed by atoms with Gasteiger partial charge in [-0.25, -0.2) is 4.39 Å². The molecule has 1 saturated carbocycles. The monoisotopic (exact) mass is 236 g/mol. The van der Waals surface area contributed by atoms with Crippen molar-refractivity contribution in [3.8, 4) is 0 Å². The van der Waals surface area contributed by atoms with E-state index in [0.29, 0.717) is 0 Å². The first kappa shape index (κ1) is 12.4. The van der Waals surface area contributed by atoms with Crippen LogP contribution in [0.25, 0.3) is 0 Å². The number of hydrogen-bond acceptors (Lipinski definition) is 2. The molecule has 0 spiro atoms. The average Bonchev–Trinajstić information content (AvgIpc) is 3.10. The molecule has 2 nitrogen and oxygen atoms in total. The van der Waals surface area contributed by atoms with Gasteiger partial charge in [0, 0.05) is 20.1 Å². The summed E-state index contributed by atoms with van der Waals surface area (Å²) in [4.78, 5) is 2.07. The zero-order chi connectivity index (χ0) is 12.3. The fourth-order valence-electron chi connectivity index (χ4n) is 2.17. The summed E-state index contributed by atoms with van der Waals surface area (Å²) in [5, 5.41) is 3.26. The zero-order valence-electron chi connectivity index (χ0n) is 10.7. The Morgan fingerprint density at radius 2 is 2.18 bits per heavy atom. The van der Waals surface area contributed by atoms with Crippen molar-refractivity contribution in [3.05, 3.63) is 29.6 Å². The van der Waals surface area contributed by atoms with Gasteiger partial charge in [0.2, 0.25) is 0 Å². The van der Waals surface area contributed by atoms with E-state index in [1.807, 2.05) is 13.1 Å². The maximum absolute atomic E-state index is 13.9. The van der Waals surface area contributed by atoms with Crippen molar-refractivity contribution in [2.24, 2.45) is 5.92 Å². The normalized spacial score (nSPS) is 15.0. The molecule has 17 heavy (non-hydrogen) atoms. The number of para-hydroxylation sites is 1. The average molecular weight is 236 g/mol. The van der Waals surface area contributed by atoms with Crippen molar-refractivity contribution < 1.29 is 4.39 Å². The summed E-state index contributed by atoms with van der Waals surface area (Å²) in [7, 11) is 1.99. The second kappa shape index (κ2) is 5.50. The van der Waals surface area contributed by atoms with Crippen LogP contribution in [0.1, 0.15) is 25.3 Å². The highest BCUT2D eigenvalue weighted by Crippen LogP contribution is 2.32. The maximum atomic E-state index is 13.9. The van der Waals surface area contributed by atoms with Gasteiger partial charge in [-0.3, -0.25) is 0 Å². The third kappa shape index (κ3) is 3.19. The smallest absolute Gasteiger partial charge is 0.146 e. The topological polar surface area (TPSA) is 15.3 Å². The molecule has 1 aliphatic carbocycles. The molecule has 1 fully saturated rings. The Morgan fingerprint density at radius 3 is 2.82 bits per heavy atom. The summed E-state index contributed by atoms with van der Waals surface area (Å²) < 4.78 is 13.9. The van der Waals surface area contributed by atoms with E-state index in [-0.39, 0.29) is 5.82 Å². The molecular weight excluding hydrogens is 215 g/mol. The van der Waals surface area contributed by atoms with Gasteiger partial charge in [-0.2, -0.15) is 0 Å². The van der Waals surface area contributed by atoms with Crippen LogP contribution in [0.3, 0.4) is 0 Å². The molecule has 1 aromatic rings. The Labute approximate surface area is 103 Å². The molecule has 0 amide bonds. The Hall–Kier alpha value is -1.09. The summed E-state index contributed by atoms with van der Waals surface area (Å²) in [6.45, 7) is 4.67. The number of hydrogen-bond donors (Lipinski definition) is 1. The highest BCUT2D eigenvalue weighted by Gasteiger charge is 2.24. The van der Waals surface area contributed by atoms with Gasteiger partial charge in [-0.05, 0) is 36.9 Å². The largest absolute Gasteiger partial charge is 0.372 e. The van der Waals surface area contributed by atoms with E-state index in [4.69, 9.17) is 0 Å². The molecule has 1 aliphatic rings. The third-order valence-corrected chi connectivity index (χ3v) is 3.25. The van der Waals surface area contributed by atoms with E-state index < -0.39 is 0 Å². The van der Waals surface area contributed by atoms with Crippen LogP contribution in [0.5, 0.6) is 0 Å². The van der Waals surface area contributed by atoms with Gasteiger partial charge < -0.3 is 10.2 Å². The van der Waals surface area contributed by atoms with Crippen LogP contribution in [0.2, 0.25) is 0 Å². The van der Waals surface area contributed by atoms with Gasteiger partial charge in [0.1, 0.15) is 5.82 Å². The van der Waals surface area contributed by atoms with Crippen molar-refractivity contribution in [2.75, 3.05) is 25.0 Å². The van der Waals surface area contributed by atoms with Crippen molar-refractivity contribution in [1.82, 2.24) is 5.32 Å². The van der Waals surface area contributed by atoms with Crippen LogP contribution >= 0.6 is 0 Å². The first-order valence-electron chi connectivity index (χ1n) is 6.41. The molecule has 0 aromatic heterocycles. The fraction of sp³-hybridized carbons (Fsp3) is 0.571. The van der Waals surface area contributed by atoms with Crippen LogP contribution in [0.4, 0.5) is 10.1 Å². The molecule has 1 aromatic carbocycles. The first-order valence-corrected chi connectivity index (χ1v) is 6.41. The van der Waals surface area contributed by atoms with Crippen LogP contribution < -0.4 is 10.2 Å². The van der Waals surface area contributed by atoms with Gasteiger partial charge in [0.05, 0.1) is 5.69 Å². The fourth-order valence-corrected chi connectivity index (χ4v) is 2.17. The van der Waals surface area contributed by atoms with Crippen LogP contribution in [0, 0.1) is 11.7 Å². The highest BCUT2D eigenvalue weighted by molar-refractivity contribution is 5.54. The summed E-state index contributed by atoms with van der Waals surface area (Å²) >= 11 is 0. The van der Waals surface area contributed by atoms with E-state index in [0.717, 1.165) is 36.8 Å². The molecule has 0 atom stereocenters. The lowest BCUT2D eigenvalue weighted by molar-refractivity contribution is 0.612. The summed E-state index contributed by atoms with van der Waals surface area (Å²) in [6.07, 6.45) is 2.59. The molecule has 94 valence electrons. The zero-order valence-corrected chi connectivity index (χ0v) is 10.7. The minimum Gasteiger partial charge on any atom is -0.372 e. The molecule has 0 aliphatic heterocycles. The van der Waals surface area contributed by atoms with E-state index in [1.165, 1.54) is 12.8 Å². The molecule has 0 radical (unpaired) electrons. The number of anilines is 1. The molecule has 0 bridgehead atoms. The molecular formula is C14H21FN2. The van der Waals surface area contributed by atoms with Crippen LogP contribution in [0.15, 0.2) is 18.2 Å². The Bertz CT molecular complexity index is 374. The van der Waals surface area contributed by atoms with E-state index in [1.54, 1.807) is 12.1 Å². The molecule has 3 heteroatoms. The lowest BCUT2D eigenvalue weighted by atomic mass is 10.1. The first-order chi connectivity index (χ1) is 8.22. The number of nitrogens with zero attached hydrogens (tertiary/aromatic N) is 1. The van der Waals surface area contributed by atoms with E-state index >= 15 is 0 Å². The van der Waals surface area contributed by atoms with E-state index in [2.05, 4.69) is 17.1 Å². The standard InChI is InChI=1S/C14H21FN2/c1-3-16-9-12-5-4-6-13(15)14(12)17(2)10-11-7-8-11/h4-6,11,16H,3,7-10H2,1-2H3. The van der Waals surface area contributed by atoms with Gasteiger partial charge in [-0.1, -0.05) is 19.1 Å². The maximum Gasteiger partial charge on any atom is 0.146 e. The summed E-state index contributed by atoms with van der Waals surface area (Å²) in [6, 6.07) is 5.34. The molecule has 1 N–H and O–H groups in total. The Morgan fingerprint density at radius 1 is 1.41 bits per heavy atom. The number of halogens is 1. The van der Waals surface area contributed by atoms with Crippen molar-refractivity contribution in [3.63, 3.8) is 0 Å². The second-order valence-electron chi connectivity index (χ2n) is 4.85. The predicted octanol–water partition coefficient (Wildman–Crippen LogP) is 2.78. The number of rotatable bonds is 6. The lowest BCUT2D eigenvalue weighted by Gasteiger charge is -2.23. The minimum atomic E-state index is -0.108. The molecule has 2 rings (SSSR count). The van der Waals surface area contributed by atoms with E-state index in [9.17, 15) is 4.39 Å². The van der Waals surface area contributed by atoms with Gasteiger partial charge in [0.15, 0.2) is 0 Å².